The number of nitrogens with zero attached hydrogens (tertiary/aromatic N) is 1. The van der Waals surface area contributed by atoms with Gasteiger partial charge in [0.1, 0.15) is 10.8 Å². The zero-order chi connectivity index (χ0) is 12.3. The average molecular weight is 269 g/mol. The van der Waals surface area contributed by atoms with Gasteiger partial charge in [-0.05, 0) is 19.1 Å². The molecule has 1 N–H and O–H groups in total. The molecule has 0 aliphatic heterocycles. The van der Waals surface area contributed by atoms with E-state index in [1.807, 2.05) is 30.5 Å². The molecule has 0 unspecified atom stereocenters. The first-order chi connectivity index (χ1) is 8.19. The third-order valence-corrected chi connectivity index (χ3v) is 3.54. The van der Waals surface area contributed by atoms with Crippen LogP contribution in [0.25, 0.3) is 0 Å². The first-order valence-corrected chi connectivity index (χ1v) is 6.43. The van der Waals surface area contributed by atoms with Crippen LogP contribution in [-0.2, 0) is 6.54 Å². The van der Waals surface area contributed by atoms with Gasteiger partial charge < -0.3 is 10.1 Å². The van der Waals surface area contributed by atoms with E-state index in [-0.39, 0.29) is 0 Å². The molecular formula is C12H13ClN2OS. The lowest BCUT2D eigenvalue weighted by atomic mass is 10.3. The monoisotopic (exact) mass is 268 g/mol. The number of ether oxygens (including phenoxy) is 1. The van der Waals surface area contributed by atoms with Gasteiger partial charge in [-0.3, -0.25) is 0 Å². The number of thiazole rings is 1. The Balaban J connectivity index is 2.04. The number of aromatic nitrogens is 1. The van der Waals surface area contributed by atoms with Crippen LogP contribution in [-0.4, -0.2) is 12.1 Å². The minimum Gasteiger partial charge on any atom is -0.495 e. The third kappa shape index (κ3) is 3.11. The summed E-state index contributed by atoms with van der Waals surface area (Å²) in [6.45, 7) is 2.70. The highest BCUT2D eigenvalue weighted by atomic mass is 35.5. The molecule has 0 bridgehead atoms. The van der Waals surface area contributed by atoms with Crippen molar-refractivity contribution in [2.45, 2.75) is 13.5 Å². The summed E-state index contributed by atoms with van der Waals surface area (Å²) in [5.74, 6) is 0.673. The van der Waals surface area contributed by atoms with Gasteiger partial charge in [0.15, 0.2) is 0 Å². The second kappa shape index (κ2) is 5.38. The Hall–Kier alpha value is -1.26. The maximum absolute atomic E-state index is 5.95. The van der Waals surface area contributed by atoms with Crippen LogP contribution in [0.3, 0.4) is 0 Å². The van der Waals surface area contributed by atoms with Gasteiger partial charge >= 0.3 is 0 Å². The fourth-order valence-corrected chi connectivity index (χ4v) is 2.34. The van der Waals surface area contributed by atoms with Crippen LogP contribution in [0, 0.1) is 6.92 Å². The third-order valence-electron chi connectivity index (χ3n) is 2.26. The topological polar surface area (TPSA) is 34.1 Å². The van der Waals surface area contributed by atoms with E-state index in [2.05, 4.69) is 10.3 Å². The molecule has 17 heavy (non-hydrogen) atoms. The van der Waals surface area contributed by atoms with Gasteiger partial charge in [0, 0.05) is 22.8 Å². The van der Waals surface area contributed by atoms with E-state index in [1.165, 1.54) is 0 Å². The van der Waals surface area contributed by atoms with E-state index in [9.17, 15) is 0 Å². The molecule has 0 spiro atoms. The number of nitrogens with one attached hydrogen (secondary N) is 1. The van der Waals surface area contributed by atoms with Crippen LogP contribution in [0.15, 0.2) is 23.6 Å². The normalized spacial score (nSPS) is 10.3. The molecule has 0 amide bonds. The van der Waals surface area contributed by atoms with E-state index >= 15 is 0 Å². The molecule has 0 saturated heterocycles. The standard InChI is InChI=1S/C12H13ClN2OS/c1-8-7-17-12(15-8)6-14-9-3-4-10(13)11(5-9)16-2/h3-5,7,14H,6H2,1-2H3. The zero-order valence-electron chi connectivity index (χ0n) is 9.66. The predicted octanol–water partition coefficient (Wildman–Crippen LogP) is 3.73. The van der Waals surface area contributed by atoms with Crippen LogP contribution in [0.4, 0.5) is 5.69 Å². The Bertz CT molecular complexity index is 513. The molecule has 1 heterocycles. The second-order valence-corrected chi connectivity index (χ2v) is 4.94. The lowest BCUT2D eigenvalue weighted by molar-refractivity contribution is 0.415. The number of rotatable bonds is 4. The number of hydrogen-bond donors (Lipinski definition) is 1. The molecule has 3 nitrogen and oxygen atoms in total. The summed E-state index contributed by atoms with van der Waals surface area (Å²) < 4.78 is 5.16. The number of halogens is 1. The largest absolute Gasteiger partial charge is 0.495 e. The maximum atomic E-state index is 5.95. The van der Waals surface area contributed by atoms with Crippen LogP contribution < -0.4 is 10.1 Å². The molecule has 2 rings (SSSR count). The van der Waals surface area contributed by atoms with Crippen LogP contribution >= 0.6 is 22.9 Å². The van der Waals surface area contributed by atoms with E-state index in [4.69, 9.17) is 16.3 Å². The molecule has 0 radical (unpaired) electrons. The van der Waals surface area contributed by atoms with Crippen molar-refractivity contribution >= 4 is 28.6 Å². The quantitative estimate of drug-likeness (QED) is 0.918. The van der Waals surface area contributed by atoms with E-state index < -0.39 is 0 Å². The highest BCUT2D eigenvalue weighted by Crippen LogP contribution is 2.27. The van der Waals surface area contributed by atoms with Crippen LogP contribution in [0.1, 0.15) is 10.7 Å². The first kappa shape index (κ1) is 12.2. The van der Waals surface area contributed by atoms with Crippen molar-refractivity contribution in [2.24, 2.45) is 0 Å². The van der Waals surface area contributed by atoms with Gasteiger partial charge in [-0.25, -0.2) is 4.98 Å². The average Bonchev–Trinajstić information content (AvgIpc) is 2.74. The molecule has 1 aromatic heterocycles. The van der Waals surface area contributed by atoms with Gasteiger partial charge in [0.2, 0.25) is 0 Å². The molecule has 90 valence electrons. The summed E-state index contributed by atoms with van der Waals surface area (Å²) in [7, 11) is 1.61. The number of benzene rings is 1. The van der Waals surface area contributed by atoms with Crippen molar-refractivity contribution in [2.75, 3.05) is 12.4 Å². The smallest absolute Gasteiger partial charge is 0.139 e. The van der Waals surface area contributed by atoms with Crippen LogP contribution in [0.2, 0.25) is 5.02 Å². The zero-order valence-corrected chi connectivity index (χ0v) is 11.2. The SMILES string of the molecule is COc1cc(NCc2nc(C)cs2)ccc1Cl. The van der Waals surface area contributed by atoms with Crippen molar-refractivity contribution in [1.29, 1.82) is 0 Å². The predicted molar refractivity (Wildman–Crippen MR) is 72.2 cm³/mol. The summed E-state index contributed by atoms with van der Waals surface area (Å²) >= 11 is 7.60. The Morgan fingerprint density at radius 1 is 1.47 bits per heavy atom. The molecule has 0 atom stereocenters. The van der Waals surface area contributed by atoms with Crippen LogP contribution in [0.5, 0.6) is 5.75 Å². The molecule has 0 aliphatic rings. The van der Waals surface area contributed by atoms with E-state index in [1.54, 1.807) is 18.4 Å². The highest BCUT2D eigenvalue weighted by molar-refractivity contribution is 7.09. The van der Waals surface area contributed by atoms with E-state index in [0.29, 0.717) is 17.3 Å². The molecule has 1 aromatic carbocycles. The molecular weight excluding hydrogens is 256 g/mol. The molecule has 2 aromatic rings. The minimum atomic E-state index is 0.614. The maximum Gasteiger partial charge on any atom is 0.139 e. The summed E-state index contributed by atoms with van der Waals surface area (Å²) in [4.78, 5) is 4.38. The van der Waals surface area contributed by atoms with Crippen molar-refractivity contribution in [3.8, 4) is 5.75 Å². The van der Waals surface area contributed by atoms with Crippen molar-refractivity contribution in [3.05, 3.63) is 39.3 Å². The fourth-order valence-electron chi connectivity index (χ4n) is 1.43. The second-order valence-electron chi connectivity index (χ2n) is 3.59. The number of hydrogen-bond acceptors (Lipinski definition) is 4. The molecule has 5 heteroatoms. The lowest BCUT2D eigenvalue weighted by Crippen LogP contribution is -1.99. The first-order valence-electron chi connectivity index (χ1n) is 5.17. The Kier molecular flexibility index (Phi) is 3.86. The summed E-state index contributed by atoms with van der Waals surface area (Å²) in [5.41, 5.74) is 2.03. The van der Waals surface area contributed by atoms with Crippen molar-refractivity contribution in [3.63, 3.8) is 0 Å². The highest BCUT2D eigenvalue weighted by Gasteiger charge is 2.03. The molecule has 0 aliphatic carbocycles. The lowest BCUT2D eigenvalue weighted by Gasteiger charge is -2.07. The Morgan fingerprint density at radius 2 is 2.29 bits per heavy atom. The molecule has 0 saturated carbocycles. The minimum absolute atomic E-state index is 0.614. The summed E-state index contributed by atoms with van der Waals surface area (Å²) in [5, 5.41) is 7.01. The van der Waals surface area contributed by atoms with Gasteiger partial charge in [-0.1, -0.05) is 11.6 Å². The summed E-state index contributed by atoms with van der Waals surface area (Å²) in [6.07, 6.45) is 0. The van der Waals surface area contributed by atoms with Gasteiger partial charge in [0.05, 0.1) is 18.7 Å². The number of aryl methyl sites for hydroxylation is 1. The van der Waals surface area contributed by atoms with Gasteiger partial charge in [0.25, 0.3) is 0 Å². The van der Waals surface area contributed by atoms with E-state index in [0.717, 1.165) is 16.4 Å². The van der Waals surface area contributed by atoms with Crippen molar-refractivity contribution < 1.29 is 4.74 Å². The number of anilines is 1. The van der Waals surface area contributed by atoms with Crippen molar-refractivity contribution in [1.82, 2.24) is 4.98 Å². The Morgan fingerprint density at radius 3 is 2.94 bits per heavy atom. The number of methoxy groups -OCH3 is 1. The fraction of sp³-hybridized carbons (Fsp3) is 0.250. The Labute approximate surface area is 109 Å². The molecule has 0 fully saturated rings. The van der Waals surface area contributed by atoms with Gasteiger partial charge in [-0.15, -0.1) is 11.3 Å². The van der Waals surface area contributed by atoms with Gasteiger partial charge in [-0.2, -0.15) is 0 Å². The summed E-state index contributed by atoms with van der Waals surface area (Å²) in [6, 6.07) is 5.62.